The van der Waals surface area contributed by atoms with Gasteiger partial charge in [-0.05, 0) is 0 Å². The molecule has 0 radical (unpaired) electrons. The van der Waals surface area contributed by atoms with Crippen molar-refractivity contribution in [1.29, 1.82) is 0 Å². The molecule has 1 aliphatic rings. The second-order valence-corrected chi connectivity index (χ2v) is 6.73. The first-order valence-electron chi connectivity index (χ1n) is 6.61. The van der Waals surface area contributed by atoms with E-state index in [4.69, 9.17) is 32.5 Å². The van der Waals surface area contributed by atoms with Gasteiger partial charge in [-0.15, -0.1) is 0 Å². The number of imidazole rings is 1. The number of aromatic amines is 1. The molecule has 136 valence electrons. The summed E-state index contributed by atoms with van der Waals surface area (Å²) in [5.41, 5.74) is 6.24. The Balaban J connectivity index is 0.00000169. The third-order valence-corrected chi connectivity index (χ3v) is 4.25. The molecule has 0 amide bonds. The molecule has 0 aliphatic carbocycles. The molecule has 4 unspecified atom stereocenters. The van der Waals surface area contributed by atoms with Gasteiger partial charge in [-0.2, -0.15) is 0 Å². The fourth-order valence-electron chi connectivity index (χ4n) is 2.41. The summed E-state index contributed by atoms with van der Waals surface area (Å²) in [6.45, 7) is -0.606. The van der Waals surface area contributed by atoms with Gasteiger partial charge in [0.1, 0.15) is 29.5 Å². The summed E-state index contributed by atoms with van der Waals surface area (Å²) in [5, 5.41) is 20.2. The number of hydrogen-bond acceptors (Lipinski definition) is 9. The molecule has 12 nitrogen and oxygen atoms in total. The summed E-state index contributed by atoms with van der Waals surface area (Å²) in [6.07, 6.45) is -3.77. The maximum absolute atomic E-state index is 10.8. The van der Waals surface area contributed by atoms with Crippen LogP contribution in [0.3, 0.4) is 0 Å². The van der Waals surface area contributed by atoms with Gasteiger partial charge < -0.3 is 35.5 Å². The molecule has 0 bridgehead atoms. The van der Waals surface area contributed by atoms with Crippen LogP contribution in [-0.2, 0) is 13.8 Å². The third kappa shape index (κ3) is 5.13. The second kappa shape index (κ2) is 9.37. The van der Waals surface area contributed by atoms with Crippen LogP contribution in [0, 0.1) is 4.64 Å². The predicted octanol–water partition coefficient (Wildman–Crippen LogP) is -2.50. The first kappa shape index (κ1) is 24.6. The molecule has 1 fully saturated rings. The van der Waals surface area contributed by atoms with Crippen molar-refractivity contribution in [1.82, 2.24) is 19.5 Å². The van der Waals surface area contributed by atoms with Gasteiger partial charge in [0.2, 0.25) is 0 Å². The van der Waals surface area contributed by atoms with E-state index in [1.807, 2.05) is 0 Å². The number of fused-ring (bicyclic) bond motifs is 1. The number of aliphatic hydroxyl groups excluding tert-OH is 2. The number of nitrogens with one attached hydrogen (secondary N) is 1. The summed E-state index contributed by atoms with van der Waals surface area (Å²) in [4.78, 5) is 28.1. The predicted molar refractivity (Wildman–Crippen MR) is 95.3 cm³/mol. The quantitative estimate of drug-likeness (QED) is 0.172. The Kier molecular flexibility index (Phi) is 8.87. The topological polar surface area (TPSA) is 189 Å². The SMILES string of the molecule is Nc1nc(=S)c2ncn(C3OC(COP(=O)(O)O)C(O)C3O)c2[nH]1.[NaH].[NaH]. The van der Waals surface area contributed by atoms with Crippen LogP contribution in [0.4, 0.5) is 5.95 Å². The third-order valence-electron chi connectivity index (χ3n) is 3.48. The molecule has 0 aromatic carbocycles. The average molecular weight is 427 g/mol. The summed E-state index contributed by atoms with van der Waals surface area (Å²) in [6, 6.07) is 0. The van der Waals surface area contributed by atoms with E-state index in [2.05, 4.69) is 19.5 Å². The zero-order valence-electron chi connectivity index (χ0n) is 11.9. The number of ether oxygens (including phenoxy) is 1. The number of aliphatic hydroxyl groups is 2. The Labute approximate surface area is 195 Å². The number of phosphoric ester groups is 1. The van der Waals surface area contributed by atoms with Crippen molar-refractivity contribution in [2.45, 2.75) is 24.5 Å². The van der Waals surface area contributed by atoms with Gasteiger partial charge in [-0.25, -0.2) is 14.5 Å². The van der Waals surface area contributed by atoms with Crippen molar-refractivity contribution in [3.63, 3.8) is 0 Å². The Morgan fingerprint density at radius 1 is 1.38 bits per heavy atom. The van der Waals surface area contributed by atoms with E-state index in [1.165, 1.54) is 10.9 Å². The van der Waals surface area contributed by atoms with Gasteiger partial charge in [-0.1, -0.05) is 12.2 Å². The monoisotopic (exact) mass is 427 g/mol. The Morgan fingerprint density at radius 3 is 2.65 bits per heavy atom. The number of hydrogen-bond donors (Lipinski definition) is 6. The van der Waals surface area contributed by atoms with Crippen LogP contribution in [-0.4, -0.2) is 124 Å². The molecule has 26 heavy (non-hydrogen) atoms. The van der Waals surface area contributed by atoms with Crippen LogP contribution < -0.4 is 5.73 Å². The van der Waals surface area contributed by atoms with Crippen LogP contribution in [0.15, 0.2) is 6.33 Å². The molecule has 1 aliphatic heterocycles. The molecule has 2 aromatic heterocycles. The molecule has 3 rings (SSSR count). The van der Waals surface area contributed by atoms with Crippen molar-refractivity contribution in [2.75, 3.05) is 12.3 Å². The summed E-state index contributed by atoms with van der Waals surface area (Å²) < 4.78 is 22.0. The van der Waals surface area contributed by atoms with E-state index < -0.39 is 39.0 Å². The number of aromatic nitrogens is 4. The van der Waals surface area contributed by atoms with Crippen molar-refractivity contribution in [2.24, 2.45) is 0 Å². The van der Waals surface area contributed by atoms with Gasteiger partial charge in [0.25, 0.3) is 0 Å². The molecule has 7 N–H and O–H groups in total. The standard InChI is InChI=1S/C10H14N5O7PS.2Na.2H/c11-10-13-7-4(8(24)14-10)12-2-15(7)9-6(17)5(16)3(22-9)1-21-23(18,19)20;;;;/h2-3,5-6,9,16-17H,1H2,(H2,18,19,20)(H3,11,13,14,24);;;;. The number of nitrogens with two attached hydrogens (primary N) is 1. The molecular formula is C10H16N5Na2O7PS. The number of H-pyrrole nitrogens is 1. The summed E-state index contributed by atoms with van der Waals surface area (Å²) in [7, 11) is -4.73. The molecule has 0 saturated carbocycles. The van der Waals surface area contributed by atoms with Crippen molar-refractivity contribution in [3.8, 4) is 0 Å². The zero-order chi connectivity index (χ0) is 17.6. The molecule has 0 spiro atoms. The van der Waals surface area contributed by atoms with Crippen LogP contribution in [0.2, 0.25) is 0 Å². The van der Waals surface area contributed by atoms with Gasteiger partial charge in [0, 0.05) is 0 Å². The van der Waals surface area contributed by atoms with Crippen LogP contribution in [0.1, 0.15) is 6.23 Å². The number of anilines is 1. The fourth-order valence-corrected chi connectivity index (χ4v) is 3.00. The molecule has 3 heterocycles. The summed E-state index contributed by atoms with van der Waals surface area (Å²) >= 11 is 5.04. The maximum atomic E-state index is 10.8. The van der Waals surface area contributed by atoms with Crippen molar-refractivity contribution < 1.29 is 33.8 Å². The van der Waals surface area contributed by atoms with E-state index >= 15 is 0 Å². The molecule has 1 saturated heterocycles. The van der Waals surface area contributed by atoms with Crippen molar-refractivity contribution in [3.05, 3.63) is 11.0 Å². The normalized spacial score (nSPS) is 25.7. The molecule has 2 aromatic rings. The summed E-state index contributed by atoms with van der Waals surface area (Å²) in [5.74, 6) is 0.0312. The van der Waals surface area contributed by atoms with Gasteiger partial charge in [-0.3, -0.25) is 9.09 Å². The number of rotatable bonds is 4. The minimum atomic E-state index is -4.73. The van der Waals surface area contributed by atoms with E-state index in [0.29, 0.717) is 11.2 Å². The fraction of sp³-hybridized carbons (Fsp3) is 0.500. The first-order valence-corrected chi connectivity index (χ1v) is 8.55. The van der Waals surface area contributed by atoms with Gasteiger partial charge in [0.05, 0.1) is 12.9 Å². The van der Waals surface area contributed by atoms with Crippen LogP contribution >= 0.6 is 20.0 Å². The Hall–Kier alpha value is 0.560. The minimum absolute atomic E-state index is 0. The van der Waals surface area contributed by atoms with Crippen LogP contribution in [0.5, 0.6) is 0 Å². The van der Waals surface area contributed by atoms with E-state index in [1.54, 1.807) is 0 Å². The Bertz CT molecular complexity index is 875. The Morgan fingerprint density at radius 2 is 2.04 bits per heavy atom. The van der Waals surface area contributed by atoms with E-state index in [0.717, 1.165) is 0 Å². The molecule has 4 atom stereocenters. The van der Waals surface area contributed by atoms with E-state index in [-0.39, 0.29) is 69.7 Å². The first-order chi connectivity index (χ1) is 11.2. The average Bonchev–Trinajstić information content (AvgIpc) is 3.00. The number of nitrogens with zero attached hydrogens (tertiary/aromatic N) is 3. The number of phosphoric acid groups is 1. The van der Waals surface area contributed by atoms with E-state index in [9.17, 15) is 14.8 Å². The van der Waals surface area contributed by atoms with Gasteiger partial charge >= 0.3 is 66.9 Å². The zero-order valence-corrected chi connectivity index (χ0v) is 13.6. The second-order valence-electron chi connectivity index (χ2n) is 5.11. The van der Waals surface area contributed by atoms with Crippen LogP contribution in [0.25, 0.3) is 11.2 Å². The van der Waals surface area contributed by atoms with Gasteiger partial charge in [0.15, 0.2) is 16.8 Å². The molecular weight excluding hydrogens is 411 g/mol. The van der Waals surface area contributed by atoms with Crippen molar-refractivity contribution >= 4 is 96.3 Å². The number of nitrogen functional groups attached to an aromatic ring is 1. The molecule has 16 heteroatoms.